The summed E-state index contributed by atoms with van der Waals surface area (Å²) in [4.78, 5) is 13.0. The molecule has 5 heteroatoms. The van der Waals surface area contributed by atoms with Gasteiger partial charge in [0.15, 0.2) is 5.82 Å². The average Bonchev–Trinajstić information content (AvgIpc) is 2.50. The Labute approximate surface area is 100 Å². The van der Waals surface area contributed by atoms with Crippen LogP contribution in [0.5, 0.6) is 0 Å². The molecule has 1 unspecified atom stereocenters. The molecule has 0 aromatic heterocycles. The number of nitrogens with zero attached hydrogens (tertiary/aromatic N) is 1. The third-order valence-corrected chi connectivity index (χ3v) is 3.21. The summed E-state index contributed by atoms with van der Waals surface area (Å²) in [6.45, 7) is 0.482. The van der Waals surface area contributed by atoms with Crippen molar-refractivity contribution < 1.29 is 9.18 Å². The summed E-state index contributed by atoms with van der Waals surface area (Å²) in [5, 5.41) is 0.0401. The van der Waals surface area contributed by atoms with Gasteiger partial charge in [-0.15, -0.1) is 0 Å². The zero-order valence-electron chi connectivity index (χ0n) is 7.71. The smallest absolute Gasteiger partial charge is 0.228 e. The summed E-state index contributed by atoms with van der Waals surface area (Å²) in [6.07, 6.45) is 0.395. The Kier molecular flexibility index (Phi) is 2.98. The van der Waals surface area contributed by atoms with Gasteiger partial charge in [0.1, 0.15) is 0 Å². The molecule has 2 rings (SSSR count). The second kappa shape index (κ2) is 4.10. The van der Waals surface area contributed by atoms with Crippen molar-refractivity contribution in [2.24, 2.45) is 0 Å². The van der Waals surface area contributed by atoms with Crippen molar-refractivity contribution in [2.45, 2.75) is 11.2 Å². The predicted molar refractivity (Wildman–Crippen MR) is 61.1 cm³/mol. The fourth-order valence-corrected chi connectivity index (χ4v) is 2.33. The van der Waals surface area contributed by atoms with Gasteiger partial charge in [-0.3, -0.25) is 4.79 Å². The van der Waals surface area contributed by atoms with Crippen LogP contribution in [-0.2, 0) is 4.79 Å². The summed E-state index contributed by atoms with van der Waals surface area (Å²) < 4.78 is 13.6. The van der Waals surface area contributed by atoms with Gasteiger partial charge in [0, 0.05) is 17.8 Å². The van der Waals surface area contributed by atoms with E-state index in [-0.39, 0.29) is 21.4 Å². The molecule has 0 radical (unpaired) electrons. The lowest BCUT2D eigenvalue weighted by molar-refractivity contribution is -0.117. The number of alkyl halides is 1. The number of amides is 1. The maximum absolute atomic E-state index is 13.6. The van der Waals surface area contributed by atoms with Crippen molar-refractivity contribution in [3.05, 3.63) is 29.0 Å². The van der Waals surface area contributed by atoms with Gasteiger partial charge < -0.3 is 4.90 Å². The summed E-state index contributed by atoms with van der Waals surface area (Å²) in [7, 11) is 0. The fraction of sp³-hybridized carbons (Fsp3) is 0.300. The molecule has 80 valence electrons. The van der Waals surface area contributed by atoms with Crippen LogP contribution < -0.4 is 4.90 Å². The molecule has 1 fully saturated rings. The molecule has 1 aromatic carbocycles. The fourth-order valence-electron chi connectivity index (χ4n) is 1.60. The Morgan fingerprint density at radius 3 is 2.87 bits per heavy atom. The van der Waals surface area contributed by atoms with Gasteiger partial charge in [-0.05, 0) is 12.1 Å². The average molecular weight is 293 g/mol. The van der Waals surface area contributed by atoms with E-state index in [1.165, 1.54) is 11.0 Å². The van der Waals surface area contributed by atoms with Crippen LogP contribution in [0.4, 0.5) is 10.1 Å². The van der Waals surface area contributed by atoms with Crippen LogP contribution in [0.2, 0.25) is 5.02 Å². The largest absolute Gasteiger partial charge is 0.308 e. The van der Waals surface area contributed by atoms with Crippen LogP contribution in [0, 0.1) is 5.82 Å². The first-order valence-corrected chi connectivity index (χ1v) is 5.77. The van der Waals surface area contributed by atoms with Crippen molar-refractivity contribution in [1.82, 2.24) is 0 Å². The lowest BCUT2D eigenvalue weighted by Crippen LogP contribution is -2.25. The Morgan fingerprint density at radius 2 is 2.27 bits per heavy atom. The van der Waals surface area contributed by atoms with Crippen molar-refractivity contribution in [2.75, 3.05) is 11.4 Å². The molecule has 0 saturated carbocycles. The number of halogens is 3. The number of hydrogen-bond donors (Lipinski definition) is 0. The maximum atomic E-state index is 13.6. The Balaban J connectivity index is 2.38. The molecule has 1 atom stereocenters. The quantitative estimate of drug-likeness (QED) is 0.729. The molecule has 1 aromatic rings. The van der Waals surface area contributed by atoms with Crippen LogP contribution in [0.15, 0.2) is 18.2 Å². The lowest BCUT2D eigenvalue weighted by atomic mass is 10.3. The van der Waals surface area contributed by atoms with Crippen LogP contribution in [0.1, 0.15) is 6.42 Å². The van der Waals surface area contributed by atoms with Crippen molar-refractivity contribution in [3.63, 3.8) is 0 Å². The lowest BCUT2D eigenvalue weighted by Gasteiger charge is -2.16. The summed E-state index contributed by atoms with van der Waals surface area (Å²) in [5.41, 5.74) is 0.259. The SMILES string of the molecule is O=C1CC(Br)CN1c1cccc(Cl)c1F. The van der Waals surface area contributed by atoms with Crippen LogP contribution in [0.25, 0.3) is 0 Å². The van der Waals surface area contributed by atoms with Crippen molar-refractivity contribution in [3.8, 4) is 0 Å². The zero-order chi connectivity index (χ0) is 11.0. The summed E-state index contributed by atoms with van der Waals surface area (Å²) >= 11 is 8.99. The molecule has 0 bridgehead atoms. The number of rotatable bonds is 1. The van der Waals surface area contributed by atoms with E-state index in [0.717, 1.165) is 0 Å². The van der Waals surface area contributed by atoms with Crippen LogP contribution in [0.3, 0.4) is 0 Å². The highest BCUT2D eigenvalue weighted by Crippen LogP contribution is 2.30. The molecular weight excluding hydrogens is 284 g/mol. The summed E-state index contributed by atoms with van der Waals surface area (Å²) in [6, 6.07) is 4.66. The number of hydrogen-bond acceptors (Lipinski definition) is 1. The standard InChI is InChI=1S/C10H8BrClFNO/c11-6-4-9(15)14(5-6)8-3-1-2-7(12)10(8)13/h1-3,6H,4-5H2. The second-order valence-electron chi connectivity index (χ2n) is 3.38. The predicted octanol–water partition coefficient (Wildman–Crippen LogP) is 2.98. The topological polar surface area (TPSA) is 20.3 Å². The molecule has 0 aliphatic carbocycles. The number of carbonyl (C=O) groups excluding carboxylic acids is 1. The molecule has 0 spiro atoms. The Morgan fingerprint density at radius 1 is 1.53 bits per heavy atom. The van der Waals surface area contributed by atoms with Gasteiger partial charge >= 0.3 is 0 Å². The third-order valence-electron chi connectivity index (χ3n) is 2.30. The molecule has 1 amide bonds. The number of benzene rings is 1. The minimum Gasteiger partial charge on any atom is -0.308 e. The number of carbonyl (C=O) groups is 1. The van der Waals surface area contributed by atoms with Crippen molar-refractivity contribution in [1.29, 1.82) is 0 Å². The van der Waals surface area contributed by atoms with E-state index < -0.39 is 5.82 Å². The monoisotopic (exact) mass is 291 g/mol. The van der Waals surface area contributed by atoms with Crippen LogP contribution >= 0.6 is 27.5 Å². The zero-order valence-corrected chi connectivity index (χ0v) is 10.1. The van der Waals surface area contributed by atoms with Gasteiger partial charge in [-0.1, -0.05) is 33.6 Å². The molecule has 1 aliphatic rings. The van der Waals surface area contributed by atoms with E-state index in [4.69, 9.17) is 11.6 Å². The van der Waals surface area contributed by atoms with E-state index in [0.29, 0.717) is 13.0 Å². The van der Waals surface area contributed by atoms with Gasteiger partial charge in [0.05, 0.1) is 10.7 Å². The summed E-state index contributed by atoms with van der Waals surface area (Å²) in [5.74, 6) is -0.618. The first kappa shape index (κ1) is 10.9. The highest BCUT2D eigenvalue weighted by atomic mass is 79.9. The van der Waals surface area contributed by atoms with E-state index in [1.807, 2.05) is 0 Å². The van der Waals surface area contributed by atoms with E-state index in [9.17, 15) is 9.18 Å². The Bertz CT molecular complexity index is 412. The molecule has 2 nitrogen and oxygen atoms in total. The third kappa shape index (κ3) is 2.01. The van der Waals surface area contributed by atoms with Gasteiger partial charge in [0.25, 0.3) is 0 Å². The van der Waals surface area contributed by atoms with Crippen molar-refractivity contribution >= 4 is 39.1 Å². The molecule has 15 heavy (non-hydrogen) atoms. The van der Waals surface area contributed by atoms with Gasteiger partial charge in [-0.2, -0.15) is 0 Å². The maximum Gasteiger partial charge on any atom is 0.228 e. The number of anilines is 1. The normalized spacial score (nSPS) is 21.1. The highest BCUT2D eigenvalue weighted by molar-refractivity contribution is 9.09. The Hall–Kier alpha value is -0.610. The minimum absolute atomic E-state index is 0.0401. The molecule has 1 heterocycles. The molecular formula is C10H8BrClFNO. The van der Waals surface area contributed by atoms with Gasteiger partial charge in [-0.25, -0.2) is 4.39 Å². The molecule has 1 aliphatic heterocycles. The minimum atomic E-state index is -0.533. The molecule has 0 N–H and O–H groups in total. The van der Waals surface area contributed by atoms with Crippen LogP contribution in [-0.4, -0.2) is 17.3 Å². The van der Waals surface area contributed by atoms with E-state index in [1.54, 1.807) is 12.1 Å². The van der Waals surface area contributed by atoms with Gasteiger partial charge in [0.2, 0.25) is 5.91 Å². The second-order valence-corrected chi connectivity index (χ2v) is 5.08. The molecule has 1 saturated heterocycles. The highest BCUT2D eigenvalue weighted by Gasteiger charge is 2.30. The van der Waals surface area contributed by atoms with E-state index >= 15 is 0 Å². The first-order chi connectivity index (χ1) is 7.09. The van der Waals surface area contributed by atoms with E-state index in [2.05, 4.69) is 15.9 Å². The first-order valence-electron chi connectivity index (χ1n) is 4.48.